The highest BCUT2D eigenvalue weighted by Gasteiger charge is 2.17. The Bertz CT molecular complexity index is 702. The Morgan fingerprint density at radius 1 is 1.17 bits per heavy atom. The van der Waals surface area contributed by atoms with Crippen LogP contribution >= 0.6 is 11.3 Å². The molecule has 2 aromatic heterocycles. The zero-order valence-corrected chi connectivity index (χ0v) is 16.2. The van der Waals surface area contributed by atoms with Gasteiger partial charge in [-0.25, -0.2) is 0 Å². The Morgan fingerprint density at radius 2 is 1.88 bits per heavy atom. The summed E-state index contributed by atoms with van der Waals surface area (Å²) in [6, 6.07) is 0. The Hall–Kier alpha value is -1.76. The SMILES string of the molecule is Cc1nn(CC(C)C)c(C)c1CC(=O)Nc1nnc(CC(C)C)s1. The van der Waals surface area contributed by atoms with Gasteiger partial charge in [-0.15, -0.1) is 10.2 Å². The third-order valence-electron chi connectivity index (χ3n) is 3.70. The molecule has 0 saturated heterocycles. The van der Waals surface area contributed by atoms with Gasteiger partial charge in [0.05, 0.1) is 12.1 Å². The predicted molar refractivity (Wildman–Crippen MR) is 97.3 cm³/mol. The lowest BCUT2D eigenvalue weighted by molar-refractivity contribution is -0.115. The molecule has 0 saturated carbocycles. The maximum atomic E-state index is 12.3. The van der Waals surface area contributed by atoms with Crippen molar-refractivity contribution >= 4 is 22.4 Å². The first-order valence-corrected chi connectivity index (χ1v) is 9.23. The molecule has 7 heteroatoms. The molecule has 0 aliphatic heterocycles. The van der Waals surface area contributed by atoms with Gasteiger partial charge >= 0.3 is 0 Å². The van der Waals surface area contributed by atoms with Crippen LogP contribution in [0.25, 0.3) is 0 Å². The molecule has 0 atom stereocenters. The summed E-state index contributed by atoms with van der Waals surface area (Å²) < 4.78 is 1.99. The van der Waals surface area contributed by atoms with Gasteiger partial charge in [0.15, 0.2) is 0 Å². The van der Waals surface area contributed by atoms with E-state index in [9.17, 15) is 4.79 Å². The highest BCUT2D eigenvalue weighted by atomic mass is 32.1. The minimum absolute atomic E-state index is 0.0717. The number of carbonyl (C=O) groups is 1. The van der Waals surface area contributed by atoms with Crippen LogP contribution in [0.3, 0.4) is 0 Å². The molecule has 0 fully saturated rings. The number of anilines is 1. The van der Waals surface area contributed by atoms with Gasteiger partial charge in [-0.05, 0) is 25.7 Å². The molecule has 2 heterocycles. The van der Waals surface area contributed by atoms with Crippen molar-refractivity contribution in [2.45, 2.75) is 60.9 Å². The third-order valence-corrected chi connectivity index (χ3v) is 4.56. The van der Waals surface area contributed by atoms with Gasteiger partial charge in [0.25, 0.3) is 0 Å². The molecular formula is C17H27N5OS. The van der Waals surface area contributed by atoms with Crippen molar-refractivity contribution in [3.05, 3.63) is 22.0 Å². The molecule has 0 aliphatic carbocycles. The van der Waals surface area contributed by atoms with E-state index in [-0.39, 0.29) is 5.91 Å². The van der Waals surface area contributed by atoms with Crippen molar-refractivity contribution in [2.24, 2.45) is 11.8 Å². The first kappa shape index (κ1) is 18.6. The number of rotatable bonds is 7. The van der Waals surface area contributed by atoms with Crippen molar-refractivity contribution in [3.8, 4) is 0 Å². The van der Waals surface area contributed by atoms with Gasteiger partial charge in [-0.2, -0.15) is 5.10 Å². The molecule has 1 amide bonds. The van der Waals surface area contributed by atoms with Gasteiger partial charge in [0, 0.05) is 24.2 Å². The zero-order chi connectivity index (χ0) is 17.9. The van der Waals surface area contributed by atoms with Gasteiger partial charge in [-0.3, -0.25) is 9.48 Å². The molecule has 132 valence electrons. The summed E-state index contributed by atoms with van der Waals surface area (Å²) in [5, 5.41) is 17.1. The molecule has 24 heavy (non-hydrogen) atoms. The first-order chi connectivity index (χ1) is 11.3. The van der Waals surface area contributed by atoms with Crippen LogP contribution in [0.15, 0.2) is 0 Å². The van der Waals surface area contributed by atoms with E-state index in [1.165, 1.54) is 11.3 Å². The molecule has 2 rings (SSSR count). The molecule has 0 spiro atoms. The van der Waals surface area contributed by atoms with Crippen LogP contribution in [0.5, 0.6) is 0 Å². The smallest absolute Gasteiger partial charge is 0.230 e. The average Bonchev–Trinajstić information content (AvgIpc) is 2.97. The lowest BCUT2D eigenvalue weighted by Gasteiger charge is -2.08. The molecule has 1 N–H and O–H groups in total. The molecule has 2 aromatic rings. The van der Waals surface area contributed by atoms with E-state index in [1.54, 1.807) is 0 Å². The van der Waals surface area contributed by atoms with Crippen LogP contribution in [-0.4, -0.2) is 25.9 Å². The summed E-state index contributed by atoms with van der Waals surface area (Å²) >= 11 is 1.45. The van der Waals surface area contributed by atoms with Gasteiger partial charge in [-0.1, -0.05) is 39.0 Å². The minimum Gasteiger partial charge on any atom is -0.300 e. The summed E-state index contributed by atoms with van der Waals surface area (Å²) in [6.45, 7) is 13.4. The van der Waals surface area contributed by atoms with Crippen molar-refractivity contribution in [2.75, 3.05) is 5.32 Å². The Morgan fingerprint density at radius 3 is 2.50 bits per heavy atom. The van der Waals surface area contributed by atoms with Crippen LogP contribution < -0.4 is 5.32 Å². The fourth-order valence-electron chi connectivity index (χ4n) is 2.57. The van der Waals surface area contributed by atoms with Crippen LogP contribution in [0.2, 0.25) is 0 Å². The Labute approximate surface area is 147 Å². The van der Waals surface area contributed by atoms with E-state index >= 15 is 0 Å². The van der Waals surface area contributed by atoms with E-state index in [0.29, 0.717) is 23.4 Å². The van der Waals surface area contributed by atoms with Crippen LogP contribution in [0, 0.1) is 25.7 Å². The second-order valence-corrected chi connectivity index (χ2v) is 8.11. The maximum absolute atomic E-state index is 12.3. The summed E-state index contributed by atoms with van der Waals surface area (Å²) in [4.78, 5) is 12.3. The van der Waals surface area contributed by atoms with E-state index in [2.05, 4.69) is 48.3 Å². The fraction of sp³-hybridized carbons (Fsp3) is 0.647. The van der Waals surface area contributed by atoms with Crippen molar-refractivity contribution in [1.82, 2.24) is 20.0 Å². The fourth-order valence-corrected chi connectivity index (χ4v) is 3.54. The van der Waals surface area contributed by atoms with E-state index in [1.807, 2.05) is 18.5 Å². The van der Waals surface area contributed by atoms with Crippen LogP contribution in [-0.2, 0) is 24.2 Å². The number of carbonyl (C=O) groups excluding carboxylic acids is 1. The molecule has 0 aliphatic rings. The topological polar surface area (TPSA) is 72.7 Å². The van der Waals surface area contributed by atoms with Crippen LogP contribution in [0.4, 0.5) is 5.13 Å². The number of aryl methyl sites for hydroxylation is 1. The van der Waals surface area contributed by atoms with Gasteiger partial charge in [0.1, 0.15) is 5.01 Å². The highest BCUT2D eigenvalue weighted by molar-refractivity contribution is 7.15. The maximum Gasteiger partial charge on any atom is 0.230 e. The third kappa shape index (κ3) is 4.87. The normalized spacial score (nSPS) is 11.5. The monoisotopic (exact) mass is 349 g/mol. The van der Waals surface area contributed by atoms with Crippen molar-refractivity contribution in [3.63, 3.8) is 0 Å². The molecule has 0 bridgehead atoms. The summed E-state index contributed by atoms with van der Waals surface area (Å²) in [5.41, 5.74) is 2.98. The predicted octanol–water partition coefficient (Wildman–Crippen LogP) is 3.39. The second-order valence-electron chi connectivity index (χ2n) is 7.05. The lowest BCUT2D eigenvalue weighted by Crippen LogP contribution is -2.15. The van der Waals surface area contributed by atoms with E-state index < -0.39 is 0 Å². The van der Waals surface area contributed by atoms with Crippen molar-refractivity contribution in [1.29, 1.82) is 0 Å². The van der Waals surface area contributed by atoms with E-state index in [0.717, 1.165) is 34.9 Å². The molecule has 6 nitrogen and oxygen atoms in total. The summed E-state index contributed by atoms with van der Waals surface area (Å²) in [7, 11) is 0. The number of hydrogen-bond donors (Lipinski definition) is 1. The number of hydrogen-bond acceptors (Lipinski definition) is 5. The Kier molecular flexibility index (Phi) is 6.10. The number of nitrogens with one attached hydrogen (secondary N) is 1. The van der Waals surface area contributed by atoms with Crippen molar-refractivity contribution < 1.29 is 4.79 Å². The minimum atomic E-state index is -0.0717. The van der Waals surface area contributed by atoms with Gasteiger partial charge in [0.2, 0.25) is 11.0 Å². The highest BCUT2D eigenvalue weighted by Crippen LogP contribution is 2.20. The quantitative estimate of drug-likeness (QED) is 0.831. The van der Waals surface area contributed by atoms with Crippen LogP contribution in [0.1, 0.15) is 49.7 Å². The molecule has 0 aromatic carbocycles. The zero-order valence-electron chi connectivity index (χ0n) is 15.4. The largest absolute Gasteiger partial charge is 0.300 e. The lowest BCUT2D eigenvalue weighted by atomic mass is 10.1. The number of nitrogens with zero attached hydrogens (tertiary/aromatic N) is 4. The second kappa shape index (κ2) is 7.88. The standard InChI is InChI=1S/C17H27N5OS/c1-10(2)7-16-19-20-17(24-16)18-15(23)8-14-12(5)21-22(13(14)6)9-11(3)4/h10-11H,7-9H2,1-6H3,(H,18,20,23). The Balaban J connectivity index is 2.02. The molecule has 0 radical (unpaired) electrons. The molecular weight excluding hydrogens is 322 g/mol. The number of amides is 1. The average molecular weight is 350 g/mol. The van der Waals surface area contributed by atoms with E-state index in [4.69, 9.17) is 0 Å². The number of aromatic nitrogens is 4. The first-order valence-electron chi connectivity index (χ1n) is 8.41. The van der Waals surface area contributed by atoms with Gasteiger partial charge < -0.3 is 5.32 Å². The summed E-state index contributed by atoms with van der Waals surface area (Å²) in [6.07, 6.45) is 1.20. The molecule has 0 unspecified atom stereocenters. The summed E-state index contributed by atoms with van der Waals surface area (Å²) in [5.74, 6) is 0.974.